The molecule has 5 heteroatoms. The fourth-order valence-corrected chi connectivity index (χ4v) is 15.0. The summed E-state index contributed by atoms with van der Waals surface area (Å²) in [7, 11) is 0. The van der Waals surface area contributed by atoms with E-state index in [4.69, 9.17) is 0 Å². The highest BCUT2D eigenvalue weighted by Crippen LogP contribution is 2.51. The zero-order valence-electron chi connectivity index (χ0n) is 40.8. The number of para-hydroxylation sites is 1. The van der Waals surface area contributed by atoms with Crippen molar-refractivity contribution in [2.75, 3.05) is 9.80 Å². The van der Waals surface area contributed by atoms with Gasteiger partial charge in [-0.1, -0.05) is 134 Å². The van der Waals surface area contributed by atoms with Gasteiger partial charge >= 0.3 is 0 Å². The lowest BCUT2D eigenvalue weighted by atomic mass is 9.71. The molecule has 342 valence electrons. The lowest BCUT2D eigenvalue weighted by molar-refractivity contribution is 0.290. The van der Waals surface area contributed by atoms with Crippen molar-refractivity contribution in [1.82, 2.24) is 0 Å². The SMILES string of the molecule is CCCCC(CC)(C(CC)c1ccc2c(c1)sc1cc(N(c3ccc4sc5ccccc5c4c3)C(C)(C)CC)ccc12)N(c1ccccc1)c1ccc2c(c1)sc1cc(C(C)CCC)ccc12. The van der Waals surface area contributed by atoms with E-state index in [1.807, 2.05) is 34.0 Å². The molecule has 10 aromatic rings. The molecule has 7 aromatic carbocycles. The number of hydrogen-bond donors (Lipinski definition) is 0. The van der Waals surface area contributed by atoms with Gasteiger partial charge in [-0.3, -0.25) is 0 Å². The van der Waals surface area contributed by atoms with Gasteiger partial charge in [0.1, 0.15) is 0 Å². The molecule has 0 N–H and O–H groups in total. The Morgan fingerprint density at radius 2 is 0.970 bits per heavy atom. The van der Waals surface area contributed by atoms with E-state index in [1.165, 1.54) is 114 Å². The highest BCUT2D eigenvalue weighted by atomic mass is 32.1. The minimum Gasteiger partial charge on any atom is -0.336 e. The van der Waals surface area contributed by atoms with Crippen LogP contribution in [0.25, 0.3) is 60.5 Å². The molecule has 0 fully saturated rings. The van der Waals surface area contributed by atoms with Crippen molar-refractivity contribution in [2.24, 2.45) is 0 Å². The van der Waals surface area contributed by atoms with Crippen LogP contribution in [0.4, 0.5) is 22.7 Å². The third-order valence-electron chi connectivity index (χ3n) is 15.4. The molecule has 0 spiro atoms. The zero-order chi connectivity index (χ0) is 46.5. The van der Waals surface area contributed by atoms with Gasteiger partial charge in [0.15, 0.2) is 0 Å². The number of benzene rings is 7. The van der Waals surface area contributed by atoms with Crippen molar-refractivity contribution >= 4 is 117 Å². The van der Waals surface area contributed by atoms with Crippen LogP contribution in [0.3, 0.4) is 0 Å². The maximum absolute atomic E-state index is 2.77. The highest BCUT2D eigenvalue weighted by molar-refractivity contribution is 7.26. The van der Waals surface area contributed by atoms with E-state index < -0.39 is 0 Å². The fourth-order valence-electron chi connectivity index (χ4n) is 11.5. The predicted octanol–water partition coefficient (Wildman–Crippen LogP) is 20.7. The summed E-state index contributed by atoms with van der Waals surface area (Å²) in [6.45, 7) is 19.0. The second-order valence-electron chi connectivity index (χ2n) is 19.7. The average molecular weight is 935 g/mol. The van der Waals surface area contributed by atoms with Crippen LogP contribution in [0.15, 0.2) is 146 Å². The second kappa shape index (κ2) is 18.7. The van der Waals surface area contributed by atoms with Crippen LogP contribution < -0.4 is 9.80 Å². The van der Waals surface area contributed by atoms with E-state index in [-0.39, 0.29) is 11.1 Å². The Morgan fingerprint density at radius 1 is 0.448 bits per heavy atom. The van der Waals surface area contributed by atoms with E-state index in [0.29, 0.717) is 11.8 Å². The van der Waals surface area contributed by atoms with Crippen LogP contribution in [0.2, 0.25) is 0 Å². The van der Waals surface area contributed by atoms with E-state index in [1.54, 1.807) is 0 Å². The van der Waals surface area contributed by atoms with Crippen LogP contribution in [-0.2, 0) is 0 Å². The number of anilines is 4. The smallest absolute Gasteiger partial charge is 0.0517 e. The van der Waals surface area contributed by atoms with Crippen molar-refractivity contribution in [1.29, 1.82) is 0 Å². The van der Waals surface area contributed by atoms with Gasteiger partial charge in [0.05, 0.1) is 5.54 Å². The summed E-state index contributed by atoms with van der Waals surface area (Å²) in [5.74, 6) is 0.879. The fraction of sp³-hybridized carbons (Fsp3) is 0.323. The first-order valence-corrected chi connectivity index (χ1v) is 27.6. The standard InChI is InChI=1S/C62H66N2S3/c1-9-14-35-62(13-5,64(44-21-16-15-17-22-44)47-28-33-52-49-30-25-42(41(6)20-10-2)36-57(49)66-60(52)40-47)54(11-3)43-26-31-50-51-32-27-46(39-59(51)67-58(50)37-43)63(61(7,8)12-4)45-29-34-56-53(38-45)48-23-18-19-24-55(48)65-56/h15-19,21-34,36-41,54H,9-14,20,35H2,1-8H3. The Kier molecular flexibility index (Phi) is 12.7. The summed E-state index contributed by atoms with van der Waals surface area (Å²) in [5, 5.41) is 8.14. The van der Waals surface area contributed by atoms with Gasteiger partial charge in [-0.2, -0.15) is 0 Å². The molecule has 0 radical (unpaired) electrons. The maximum Gasteiger partial charge on any atom is 0.0517 e. The average Bonchev–Trinajstić information content (AvgIpc) is 4.03. The van der Waals surface area contributed by atoms with Gasteiger partial charge < -0.3 is 9.80 Å². The molecule has 3 unspecified atom stereocenters. The van der Waals surface area contributed by atoms with Crippen LogP contribution in [0, 0.1) is 0 Å². The summed E-state index contributed by atoms with van der Waals surface area (Å²) in [5.41, 5.74) is 7.73. The molecule has 67 heavy (non-hydrogen) atoms. The van der Waals surface area contributed by atoms with Crippen LogP contribution in [-0.4, -0.2) is 11.1 Å². The molecule has 3 aromatic heterocycles. The summed E-state index contributed by atoms with van der Waals surface area (Å²) in [6.07, 6.45) is 8.99. The molecule has 2 nitrogen and oxygen atoms in total. The third-order valence-corrected chi connectivity index (χ3v) is 18.7. The Bertz CT molecular complexity index is 3350. The Morgan fingerprint density at radius 3 is 1.60 bits per heavy atom. The third kappa shape index (κ3) is 8.13. The number of hydrogen-bond acceptors (Lipinski definition) is 5. The summed E-state index contributed by atoms with van der Waals surface area (Å²) < 4.78 is 8.19. The van der Waals surface area contributed by atoms with E-state index in [2.05, 4.69) is 211 Å². The number of unbranched alkanes of at least 4 members (excludes halogenated alkanes) is 1. The molecule has 10 rings (SSSR count). The van der Waals surface area contributed by atoms with Crippen molar-refractivity contribution in [3.8, 4) is 0 Å². The van der Waals surface area contributed by atoms with Gasteiger partial charge in [0, 0.05) is 94.7 Å². The molecule has 3 heterocycles. The van der Waals surface area contributed by atoms with E-state index in [0.717, 1.165) is 32.1 Å². The monoisotopic (exact) mass is 934 g/mol. The molecule has 0 saturated carbocycles. The number of nitrogens with zero attached hydrogens (tertiary/aromatic N) is 2. The predicted molar refractivity (Wildman–Crippen MR) is 302 cm³/mol. The molecule has 0 aliphatic carbocycles. The van der Waals surface area contributed by atoms with Gasteiger partial charge in [-0.25, -0.2) is 0 Å². The maximum atomic E-state index is 2.77. The summed E-state index contributed by atoms with van der Waals surface area (Å²) >= 11 is 5.82. The van der Waals surface area contributed by atoms with Crippen molar-refractivity contribution in [3.05, 3.63) is 157 Å². The first-order chi connectivity index (χ1) is 32.6. The molecule has 3 atom stereocenters. The molecule has 0 bridgehead atoms. The van der Waals surface area contributed by atoms with Gasteiger partial charge in [0.25, 0.3) is 0 Å². The lowest BCUT2D eigenvalue weighted by Crippen LogP contribution is -2.50. The minimum atomic E-state index is -0.155. The molecule has 0 aliphatic heterocycles. The lowest BCUT2D eigenvalue weighted by Gasteiger charge is -2.50. The van der Waals surface area contributed by atoms with Crippen molar-refractivity contribution in [2.45, 2.75) is 130 Å². The van der Waals surface area contributed by atoms with Crippen LogP contribution in [0.5, 0.6) is 0 Å². The van der Waals surface area contributed by atoms with Crippen LogP contribution >= 0.6 is 34.0 Å². The number of thiophene rings is 3. The summed E-state index contributed by atoms with van der Waals surface area (Å²) in [6, 6.07) is 56.6. The molecule has 0 aliphatic rings. The molecule has 0 amide bonds. The normalized spacial score (nSPS) is 14.1. The number of rotatable bonds is 17. The topological polar surface area (TPSA) is 6.48 Å². The minimum absolute atomic E-state index is 0.0873. The Balaban J connectivity index is 1.07. The van der Waals surface area contributed by atoms with Crippen molar-refractivity contribution in [3.63, 3.8) is 0 Å². The van der Waals surface area contributed by atoms with Crippen molar-refractivity contribution < 1.29 is 0 Å². The number of fused-ring (bicyclic) bond motifs is 9. The zero-order valence-corrected chi connectivity index (χ0v) is 43.2. The Labute approximate surface area is 410 Å². The Hall–Kier alpha value is -5.20. The quantitative estimate of drug-likeness (QED) is 0.0898. The van der Waals surface area contributed by atoms with E-state index in [9.17, 15) is 0 Å². The molecular weight excluding hydrogens is 869 g/mol. The van der Waals surface area contributed by atoms with E-state index >= 15 is 0 Å². The molecule has 0 saturated heterocycles. The van der Waals surface area contributed by atoms with Gasteiger partial charge in [-0.15, -0.1) is 34.0 Å². The largest absolute Gasteiger partial charge is 0.336 e. The van der Waals surface area contributed by atoms with Gasteiger partial charge in [-0.05, 0) is 136 Å². The van der Waals surface area contributed by atoms with Gasteiger partial charge in [0.2, 0.25) is 0 Å². The van der Waals surface area contributed by atoms with Crippen LogP contribution in [0.1, 0.15) is 130 Å². The first-order valence-electron chi connectivity index (χ1n) is 25.1. The first kappa shape index (κ1) is 45.6. The highest BCUT2D eigenvalue weighted by Gasteiger charge is 2.43. The molecular formula is C62H66N2S3. The summed E-state index contributed by atoms with van der Waals surface area (Å²) in [4.78, 5) is 5.36. The second-order valence-corrected chi connectivity index (χ2v) is 23.0.